The molecule has 4 nitrogen and oxygen atoms in total. The van der Waals surface area contributed by atoms with Crippen LogP contribution in [0.4, 0.5) is 0 Å². The molecule has 0 aromatic heterocycles. The average Bonchev–Trinajstić information content (AvgIpc) is 2.69. The molecule has 6 heteroatoms. The number of amides is 1. The molecule has 1 heterocycles. The molecule has 170 valence electrons. The van der Waals surface area contributed by atoms with Crippen molar-refractivity contribution in [1.82, 2.24) is 10.2 Å². The van der Waals surface area contributed by atoms with E-state index in [-0.39, 0.29) is 36.6 Å². The van der Waals surface area contributed by atoms with Crippen molar-refractivity contribution < 1.29 is 4.79 Å². The second-order valence-electron chi connectivity index (χ2n) is 9.55. The van der Waals surface area contributed by atoms with Crippen LogP contribution in [0.2, 0.25) is 0 Å². The van der Waals surface area contributed by atoms with Crippen LogP contribution in [0, 0.1) is 17.8 Å². The molecule has 3 fully saturated rings. The summed E-state index contributed by atoms with van der Waals surface area (Å²) in [5, 5.41) is 3.19. The lowest BCUT2D eigenvalue weighted by Crippen LogP contribution is -2.49. The Morgan fingerprint density at radius 3 is 2.27 bits per heavy atom. The van der Waals surface area contributed by atoms with Crippen LogP contribution in [-0.2, 0) is 17.9 Å². The summed E-state index contributed by atoms with van der Waals surface area (Å²) < 4.78 is 0. The third-order valence-corrected chi connectivity index (χ3v) is 7.60. The maximum absolute atomic E-state index is 12.7. The van der Waals surface area contributed by atoms with E-state index in [4.69, 9.17) is 5.73 Å². The standard InChI is InChI=1S/C24H37N3O.2ClH/c1-17-5-2-3-12-27(17)16-19-10-8-18(9-11-19)15-26-24(28)22-13-20-6-4-7-21(14-22)23(20)25;;/h8-11,17,20-23H,2-7,12-16,25H2,1H3,(H,26,28);2*1H. The Kier molecular flexibility index (Phi) is 9.93. The molecule has 3 N–H and O–H groups in total. The number of nitrogens with two attached hydrogens (primary N) is 1. The van der Waals surface area contributed by atoms with Gasteiger partial charge in [-0.25, -0.2) is 0 Å². The minimum absolute atomic E-state index is 0. The van der Waals surface area contributed by atoms with Crippen LogP contribution in [0.3, 0.4) is 0 Å². The molecule has 1 aromatic rings. The van der Waals surface area contributed by atoms with E-state index >= 15 is 0 Å². The van der Waals surface area contributed by atoms with Crippen molar-refractivity contribution in [2.24, 2.45) is 23.5 Å². The number of hydrogen-bond acceptors (Lipinski definition) is 3. The zero-order valence-electron chi connectivity index (χ0n) is 18.2. The molecule has 2 bridgehead atoms. The lowest BCUT2D eigenvalue weighted by atomic mass is 9.65. The summed E-state index contributed by atoms with van der Waals surface area (Å²) in [6.07, 6.45) is 9.68. The number of nitrogens with zero attached hydrogens (tertiary/aromatic N) is 1. The summed E-state index contributed by atoms with van der Waals surface area (Å²) in [5.41, 5.74) is 8.93. The quantitative estimate of drug-likeness (QED) is 0.677. The molecule has 3 unspecified atom stereocenters. The first-order valence-corrected chi connectivity index (χ1v) is 11.5. The fourth-order valence-electron chi connectivity index (χ4n) is 5.73. The molecule has 2 saturated carbocycles. The summed E-state index contributed by atoms with van der Waals surface area (Å²) in [6, 6.07) is 9.83. The first-order chi connectivity index (χ1) is 13.6. The van der Waals surface area contributed by atoms with E-state index in [0.717, 1.165) is 19.4 Å². The molecule has 1 amide bonds. The monoisotopic (exact) mass is 455 g/mol. The van der Waals surface area contributed by atoms with Crippen LogP contribution >= 0.6 is 24.8 Å². The molecule has 4 rings (SSSR count). The Morgan fingerprint density at radius 1 is 1.00 bits per heavy atom. The minimum Gasteiger partial charge on any atom is -0.352 e. The molecule has 3 atom stereocenters. The molecular formula is C24H39Cl2N3O. The number of carbonyl (C=O) groups excluding carboxylic acids is 1. The SMILES string of the molecule is CC1CCCCN1Cc1ccc(CNC(=O)C2CC3CCCC(C2)C3N)cc1.Cl.Cl. The van der Waals surface area contributed by atoms with E-state index in [0.29, 0.717) is 30.5 Å². The smallest absolute Gasteiger partial charge is 0.223 e. The van der Waals surface area contributed by atoms with E-state index in [1.54, 1.807) is 0 Å². The van der Waals surface area contributed by atoms with Crippen LogP contribution in [-0.4, -0.2) is 29.4 Å². The number of piperidine rings is 1. The number of hydrogen-bond donors (Lipinski definition) is 2. The summed E-state index contributed by atoms with van der Waals surface area (Å²) in [4.78, 5) is 15.3. The average molecular weight is 457 g/mol. The summed E-state index contributed by atoms with van der Waals surface area (Å²) >= 11 is 0. The molecule has 1 saturated heterocycles. The van der Waals surface area contributed by atoms with E-state index in [1.165, 1.54) is 56.2 Å². The number of fused-ring (bicyclic) bond motifs is 2. The fraction of sp³-hybridized carbons (Fsp3) is 0.708. The van der Waals surface area contributed by atoms with Crippen molar-refractivity contribution >= 4 is 30.7 Å². The number of rotatable bonds is 5. The Labute approximate surface area is 194 Å². The van der Waals surface area contributed by atoms with Gasteiger partial charge in [-0.2, -0.15) is 0 Å². The van der Waals surface area contributed by atoms with E-state index < -0.39 is 0 Å². The van der Waals surface area contributed by atoms with Gasteiger partial charge in [0, 0.05) is 31.1 Å². The molecule has 1 aliphatic heterocycles. The summed E-state index contributed by atoms with van der Waals surface area (Å²) in [5.74, 6) is 1.50. The zero-order chi connectivity index (χ0) is 19.5. The molecule has 0 radical (unpaired) electrons. The Hall–Kier alpha value is -0.810. The van der Waals surface area contributed by atoms with Crippen LogP contribution in [0.1, 0.15) is 69.4 Å². The number of halogens is 2. The third kappa shape index (κ3) is 6.12. The van der Waals surface area contributed by atoms with Crippen molar-refractivity contribution in [2.75, 3.05) is 6.54 Å². The molecule has 1 aromatic carbocycles. The van der Waals surface area contributed by atoms with E-state index in [2.05, 4.69) is 41.4 Å². The second kappa shape index (κ2) is 11.7. The van der Waals surface area contributed by atoms with Gasteiger partial charge in [-0.1, -0.05) is 37.1 Å². The van der Waals surface area contributed by atoms with E-state index in [9.17, 15) is 4.79 Å². The molecule has 2 aliphatic carbocycles. The Morgan fingerprint density at radius 2 is 1.63 bits per heavy atom. The first kappa shape index (κ1) is 25.5. The minimum atomic E-state index is 0. The van der Waals surface area contributed by atoms with Gasteiger partial charge in [0.15, 0.2) is 0 Å². The predicted molar refractivity (Wildman–Crippen MR) is 128 cm³/mol. The predicted octanol–water partition coefficient (Wildman–Crippen LogP) is 4.67. The number of likely N-dealkylation sites (tertiary alicyclic amines) is 1. The van der Waals surface area contributed by atoms with Crippen molar-refractivity contribution in [3.8, 4) is 0 Å². The lowest BCUT2D eigenvalue weighted by molar-refractivity contribution is -0.128. The highest BCUT2D eigenvalue weighted by Crippen LogP contribution is 2.41. The largest absolute Gasteiger partial charge is 0.352 e. The first-order valence-electron chi connectivity index (χ1n) is 11.5. The highest BCUT2D eigenvalue weighted by molar-refractivity contribution is 5.85. The van der Waals surface area contributed by atoms with Gasteiger partial charge in [-0.05, 0) is 75.0 Å². The Bertz CT molecular complexity index is 655. The second-order valence-corrected chi connectivity index (χ2v) is 9.55. The highest BCUT2D eigenvalue weighted by Gasteiger charge is 2.40. The van der Waals surface area contributed by atoms with Gasteiger partial charge in [0.1, 0.15) is 0 Å². The van der Waals surface area contributed by atoms with Crippen molar-refractivity contribution in [1.29, 1.82) is 0 Å². The normalized spacial score (nSPS) is 31.2. The topological polar surface area (TPSA) is 58.4 Å². The maximum Gasteiger partial charge on any atom is 0.223 e. The van der Waals surface area contributed by atoms with Gasteiger partial charge < -0.3 is 11.1 Å². The van der Waals surface area contributed by atoms with Crippen LogP contribution in [0.15, 0.2) is 24.3 Å². The lowest BCUT2D eigenvalue weighted by Gasteiger charge is -2.43. The van der Waals surface area contributed by atoms with Gasteiger partial charge >= 0.3 is 0 Å². The zero-order valence-corrected chi connectivity index (χ0v) is 19.9. The van der Waals surface area contributed by atoms with Gasteiger partial charge in [0.2, 0.25) is 5.91 Å². The fourth-order valence-corrected chi connectivity index (χ4v) is 5.73. The van der Waals surface area contributed by atoms with Gasteiger partial charge in [0.05, 0.1) is 0 Å². The highest BCUT2D eigenvalue weighted by atomic mass is 35.5. The van der Waals surface area contributed by atoms with Crippen molar-refractivity contribution in [3.05, 3.63) is 35.4 Å². The van der Waals surface area contributed by atoms with Gasteiger partial charge in [-0.15, -0.1) is 24.8 Å². The third-order valence-electron chi connectivity index (χ3n) is 7.60. The number of nitrogens with one attached hydrogen (secondary N) is 1. The molecule has 3 aliphatic rings. The molecular weight excluding hydrogens is 417 g/mol. The van der Waals surface area contributed by atoms with Gasteiger partial charge in [-0.3, -0.25) is 9.69 Å². The van der Waals surface area contributed by atoms with E-state index in [1.807, 2.05) is 0 Å². The molecule has 0 spiro atoms. The Balaban J connectivity index is 0.00000160. The van der Waals surface area contributed by atoms with Crippen LogP contribution in [0.25, 0.3) is 0 Å². The number of carbonyl (C=O) groups is 1. The number of benzene rings is 1. The summed E-state index contributed by atoms with van der Waals surface area (Å²) in [7, 11) is 0. The van der Waals surface area contributed by atoms with Crippen molar-refractivity contribution in [2.45, 2.75) is 83.5 Å². The summed E-state index contributed by atoms with van der Waals surface area (Å²) in [6.45, 7) is 5.23. The van der Waals surface area contributed by atoms with Crippen LogP contribution in [0.5, 0.6) is 0 Å². The molecule has 30 heavy (non-hydrogen) atoms. The maximum atomic E-state index is 12.7. The van der Waals surface area contributed by atoms with Gasteiger partial charge in [0.25, 0.3) is 0 Å². The van der Waals surface area contributed by atoms with Crippen molar-refractivity contribution in [3.63, 3.8) is 0 Å². The van der Waals surface area contributed by atoms with Crippen LogP contribution < -0.4 is 11.1 Å².